The number of likely N-dealkylation sites (tertiary alicyclic amines) is 1. The number of benzene rings is 3. The maximum Gasteiger partial charge on any atom is 0.242 e. The van der Waals surface area contributed by atoms with Crippen LogP contribution in [0.3, 0.4) is 0 Å². The summed E-state index contributed by atoms with van der Waals surface area (Å²) in [5.74, 6) is 1.41. The van der Waals surface area contributed by atoms with Crippen LogP contribution in [0.25, 0.3) is 0 Å². The molecule has 5 rings (SSSR count). The van der Waals surface area contributed by atoms with E-state index in [1.54, 1.807) is 26.4 Å². The Hall–Kier alpha value is -3.26. The van der Waals surface area contributed by atoms with Gasteiger partial charge in [0.15, 0.2) is 11.5 Å². The molecule has 3 aromatic carbocycles. The van der Waals surface area contributed by atoms with Crippen LogP contribution in [-0.4, -0.2) is 42.7 Å². The maximum atomic E-state index is 13.6. The van der Waals surface area contributed by atoms with Crippen molar-refractivity contribution in [1.82, 2.24) is 15.8 Å². The number of nitrogens with zero attached hydrogens (tertiary/aromatic N) is 1. The summed E-state index contributed by atoms with van der Waals surface area (Å²) in [7, 11) is 3.22. The van der Waals surface area contributed by atoms with Crippen molar-refractivity contribution in [3.05, 3.63) is 88.4 Å². The number of para-hydroxylation sites is 1. The molecule has 0 radical (unpaired) electrons. The molecule has 4 unspecified atom stereocenters. The number of hydrogen-bond acceptors (Lipinski definition) is 6. The van der Waals surface area contributed by atoms with Gasteiger partial charge >= 0.3 is 0 Å². The number of carbonyl (C=O) groups excluding carboxylic acids is 1. The molecule has 0 aliphatic carbocycles. The topological polar surface area (TPSA) is 83.1 Å². The predicted octanol–water partition coefficient (Wildman–Crippen LogP) is 4.02. The molecule has 0 saturated carbocycles. The lowest BCUT2D eigenvalue weighted by atomic mass is 9.83. The number of fused-ring (bicyclic) bond motifs is 1. The number of phenols is 1. The highest BCUT2D eigenvalue weighted by atomic mass is 35.5. The lowest BCUT2D eigenvalue weighted by molar-refractivity contribution is -0.130. The van der Waals surface area contributed by atoms with E-state index in [1.165, 1.54) is 0 Å². The largest absolute Gasteiger partial charge is 0.508 e. The zero-order valence-electron chi connectivity index (χ0n) is 19.6. The van der Waals surface area contributed by atoms with E-state index in [0.717, 1.165) is 16.7 Å². The fraction of sp³-hybridized carbons (Fsp3) is 0.296. The van der Waals surface area contributed by atoms with Crippen molar-refractivity contribution >= 4 is 17.5 Å². The minimum absolute atomic E-state index is 0.0193. The Labute approximate surface area is 209 Å². The number of phenolic OH excluding ortho intramolecular Hbond substituents is 1. The molecule has 7 nitrogen and oxygen atoms in total. The number of nitrogens with one attached hydrogen (secondary N) is 2. The van der Waals surface area contributed by atoms with Crippen LogP contribution < -0.4 is 20.3 Å². The molecule has 0 spiro atoms. The summed E-state index contributed by atoms with van der Waals surface area (Å²) < 4.78 is 10.8. The molecule has 3 aromatic rings. The van der Waals surface area contributed by atoms with Crippen LogP contribution in [-0.2, 0) is 11.2 Å². The molecule has 2 aliphatic rings. The van der Waals surface area contributed by atoms with E-state index in [0.29, 0.717) is 29.5 Å². The van der Waals surface area contributed by atoms with E-state index in [-0.39, 0.29) is 29.7 Å². The second-order valence-electron chi connectivity index (χ2n) is 8.85. The molecule has 0 aromatic heterocycles. The first-order chi connectivity index (χ1) is 17.0. The third-order valence-electron chi connectivity index (χ3n) is 6.96. The van der Waals surface area contributed by atoms with Crippen molar-refractivity contribution < 1.29 is 19.4 Å². The van der Waals surface area contributed by atoms with Crippen LogP contribution >= 0.6 is 11.6 Å². The number of rotatable bonds is 7. The first-order valence-electron chi connectivity index (χ1n) is 11.6. The fourth-order valence-electron chi connectivity index (χ4n) is 5.34. The first kappa shape index (κ1) is 23.5. The Morgan fingerprint density at radius 3 is 2.46 bits per heavy atom. The molecule has 182 valence electrons. The second-order valence-corrected chi connectivity index (χ2v) is 9.29. The van der Waals surface area contributed by atoms with Gasteiger partial charge in [-0.2, -0.15) is 0 Å². The van der Waals surface area contributed by atoms with Gasteiger partial charge < -0.3 is 19.5 Å². The van der Waals surface area contributed by atoms with Gasteiger partial charge in [0.05, 0.1) is 26.3 Å². The molecule has 2 fully saturated rings. The Balaban J connectivity index is 1.48. The molecule has 1 amide bonds. The molecule has 0 bridgehead atoms. The molecule has 4 atom stereocenters. The number of amides is 1. The van der Waals surface area contributed by atoms with Crippen LogP contribution in [0.15, 0.2) is 66.7 Å². The lowest BCUT2D eigenvalue weighted by Gasteiger charge is -2.31. The number of methoxy groups -OCH3 is 2. The zero-order chi connectivity index (χ0) is 24.5. The van der Waals surface area contributed by atoms with Crippen LogP contribution in [0.2, 0.25) is 5.02 Å². The van der Waals surface area contributed by atoms with Crippen LogP contribution in [0, 0.1) is 5.92 Å². The molecule has 2 saturated heterocycles. The van der Waals surface area contributed by atoms with Crippen molar-refractivity contribution in [3.8, 4) is 17.2 Å². The number of hydrazine groups is 1. The first-order valence-corrected chi connectivity index (χ1v) is 12.0. The van der Waals surface area contributed by atoms with Crippen molar-refractivity contribution in [2.24, 2.45) is 5.92 Å². The normalized spacial score (nSPS) is 23.4. The summed E-state index contributed by atoms with van der Waals surface area (Å²) in [5.41, 5.74) is 9.23. The summed E-state index contributed by atoms with van der Waals surface area (Å²) in [4.78, 5) is 15.6. The van der Waals surface area contributed by atoms with Crippen LogP contribution in [0.4, 0.5) is 0 Å². The van der Waals surface area contributed by atoms with Gasteiger partial charge in [-0.3, -0.25) is 4.79 Å². The SMILES string of the molecule is COc1ccc(CCN2C(=O)C3NNC(c4ccccc4O)C3C2c2cccc(Cl)c2)cc1OC. The number of hydrogen-bond donors (Lipinski definition) is 3. The van der Waals surface area contributed by atoms with E-state index in [4.69, 9.17) is 21.1 Å². The average molecular weight is 494 g/mol. The maximum absolute atomic E-state index is 13.6. The number of halogens is 1. The standard InChI is InChI=1S/C27H28ClN3O4/c1-34-21-11-10-16(14-22(21)35-2)12-13-31-26(17-6-5-7-18(28)15-17)23-24(29-30-25(23)27(31)33)19-8-3-4-9-20(19)32/h3-11,14-15,23-26,29-30,32H,12-13H2,1-2H3. The molecule has 2 heterocycles. The Bertz CT molecular complexity index is 1240. The molecular weight excluding hydrogens is 466 g/mol. The number of aromatic hydroxyl groups is 1. The smallest absolute Gasteiger partial charge is 0.242 e. The monoisotopic (exact) mass is 493 g/mol. The number of ether oxygens (including phenoxy) is 2. The van der Waals surface area contributed by atoms with Gasteiger partial charge in [0, 0.05) is 23.0 Å². The number of carbonyl (C=O) groups is 1. The highest BCUT2D eigenvalue weighted by Gasteiger charge is 2.55. The summed E-state index contributed by atoms with van der Waals surface area (Å²) >= 11 is 6.36. The summed E-state index contributed by atoms with van der Waals surface area (Å²) in [6.07, 6.45) is 0.650. The molecule has 35 heavy (non-hydrogen) atoms. The summed E-state index contributed by atoms with van der Waals surface area (Å²) in [5, 5.41) is 11.2. The molecule has 2 aliphatic heterocycles. The van der Waals surface area contributed by atoms with E-state index in [1.807, 2.05) is 59.5 Å². The summed E-state index contributed by atoms with van der Waals surface area (Å²) in [6, 6.07) is 19.8. The van der Waals surface area contributed by atoms with Gasteiger partial charge in [0.25, 0.3) is 0 Å². The molecule has 8 heteroatoms. The van der Waals surface area contributed by atoms with Crippen molar-refractivity contribution in [1.29, 1.82) is 0 Å². The van der Waals surface area contributed by atoms with Gasteiger partial charge in [-0.1, -0.05) is 48.0 Å². The lowest BCUT2D eigenvalue weighted by Crippen LogP contribution is -2.42. The average Bonchev–Trinajstić information content (AvgIpc) is 3.41. The predicted molar refractivity (Wildman–Crippen MR) is 134 cm³/mol. The van der Waals surface area contributed by atoms with E-state index in [9.17, 15) is 9.90 Å². The molecular formula is C27H28ClN3O4. The van der Waals surface area contributed by atoms with Crippen molar-refractivity contribution in [3.63, 3.8) is 0 Å². The minimum atomic E-state index is -0.422. The highest BCUT2D eigenvalue weighted by molar-refractivity contribution is 6.30. The van der Waals surface area contributed by atoms with Crippen molar-refractivity contribution in [2.75, 3.05) is 20.8 Å². The zero-order valence-corrected chi connectivity index (χ0v) is 20.3. The fourth-order valence-corrected chi connectivity index (χ4v) is 5.54. The third kappa shape index (κ3) is 4.31. The van der Waals surface area contributed by atoms with Gasteiger partial charge in [-0.05, 0) is 47.9 Å². The van der Waals surface area contributed by atoms with Crippen LogP contribution in [0.1, 0.15) is 28.8 Å². The Morgan fingerprint density at radius 1 is 0.943 bits per heavy atom. The summed E-state index contributed by atoms with van der Waals surface area (Å²) in [6.45, 7) is 0.521. The van der Waals surface area contributed by atoms with Gasteiger partial charge in [0.2, 0.25) is 5.91 Å². The Kier molecular flexibility index (Phi) is 6.56. The van der Waals surface area contributed by atoms with Gasteiger partial charge in [-0.25, -0.2) is 10.9 Å². The molecule has 3 N–H and O–H groups in total. The Morgan fingerprint density at radius 2 is 1.71 bits per heavy atom. The highest BCUT2D eigenvalue weighted by Crippen LogP contribution is 2.48. The van der Waals surface area contributed by atoms with E-state index >= 15 is 0 Å². The quantitative estimate of drug-likeness (QED) is 0.461. The van der Waals surface area contributed by atoms with Crippen LogP contribution in [0.5, 0.6) is 17.2 Å². The minimum Gasteiger partial charge on any atom is -0.508 e. The van der Waals surface area contributed by atoms with Crippen molar-refractivity contribution in [2.45, 2.75) is 24.5 Å². The van der Waals surface area contributed by atoms with Gasteiger partial charge in [-0.15, -0.1) is 0 Å². The van der Waals surface area contributed by atoms with E-state index in [2.05, 4.69) is 10.9 Å². The second kappa shape index (κ2) is 9.77. The van der Waals surface area contributed by atoms with E-state index < -0.39 is 6.04 Å². The van der Waals surface area contributed by atoms with Gasteiger partial charge in [0.1, 0.15) is 11.8 Å². The third-order valence-corrected chi connectivity index (χ3v) is 7.20.